The molecule has 252 valence electrons. The van der Waals surface area contributed by atoms with Crippen LogP contribution in [0.5, 0.6) is 0 Å². The van der Waals surface area contributed by atoms with Gasteiger partial charge >= 0.3 is 6.03 Å². The third-order valence-corrected chi connectivity index (χ3v) is 10.5. The first-order valence-electron chi connectivity index (χ1n) is 16.8. The topological polar surface area (TPSA) is 86.9 Å². The number of ether oxygens (including phenoxy) is 1. The standard InChI is InChI=1S/C35H48N8O3S/c1-4-39-15-5-16-40(19-18-39)32-24-33(41-20-22-46-23-21-41)47-43(26-32)30-12-10-29(11-13-30)37-35(45)36-28-8-6-27(7-9-28)34(44)42-17-14-31(25-42)38(2)3/h6-13,24,26,31H,4-5,14-23,25H2,1-3H3,(H2,36,37,45). The van der Waals surface area contributed by atoms with E-state index in [2.05, 4.69) is 67.8 Å². The molecule has 2 aromatic carbocycles. The fraction of sp³-hybridized carbons (Fsp3) is 0.486. The van der Waals surface area contributed by atoms with Gasteiger partial charge in [-0.3, -0.25) is 9.10 Å². The van der Waals surface area contributed by atoms with E-state index in [1.165, 1.54) is 10.7 Å². The highest BCUT2D eigenvalue weighted by Crippen LogP contribution is 2.37. The van der Waals surface area contributed by atoms with Crippen LogP contribution in [0.15, 0.2) is 71.5 Å². The number of likely N-dealkylation sites (N-methyl/N-ethyl adjacent to an activating group) is 2. The van der Waals surface area contributed by atoms with Gasteiger partial charge in [0.05, 0.1) is 29.6 Å². The number of hydrogen-bond donors (Lipinski definition) is 2. The molecule has 47 heavy (non-hydrogen) atoms. The number of urea groups is 1. The lowest BCUT2D eigenvalue weighted by Gasteiger charge is -2.37. The molecule has 3 saturated heterocycles. The number of carbonyl (C=O) groups excluding carboxylic acids is 2. The number of hydrogen-bond acceptors (Lipinski definition) is 9. The van der Waals surface area contributed by atoms with Crippen molar-refractivity contribution >= 4 is 40.9 Å². The third-order valence-electron chi connectivity index (χ3n) is 9.39. The molecule has 11 nitrogen and oxygen atoms in total. The highest BCUT2D eigenvalue weighted by molar-refractivity contribution is 8.04. The van der Waals surface area contributed by atoms with Gasteiger partial charge in [0.2, 0.25) is 0 Å². The fourth-order valence-electron chi connectivity index (χ4n) is 6.43. The van der Waals surface area contributed by atoms with E-state index in [4.69, 9.17) is 4.74 Å². The number of carbonyl (C=O) groups is 2. The molecule has 1 unspecified atom stereocenters. The zero-order valence-electron chi connectivity index (χ0n) is 27.9. The zero-order valence-corrected chi connectivity index (χ0v) is 28.7. The summed E-state index contributed by atoms with van der Waals surface area (Å²) >= 11 is 1.73. The van der Waals surface area contributed by atoms with Crippen LogP contribution in [0.4, 0.5) is 21.9 Å². The quantitative estimate of drug-likeness (QED) is 0.394. The molecule has 0 aromatic heterocycles. The Morgan fingerprint density at radius 3 is 2.23 bits per heavy atom. The Bertz CT molecular complexity index is 1440. The molecular weight excluding hydrogens is 613 g/mol. The maximum Gasteiger partial charge on any atom is 0.323 e. The minimum absolute atomic E-state index is 0.0291. The van der Waals surface area contributed by atoms with Crippen LogP contribution in [0.25, 0.3) is 0 Å². The van der Waals surface area contributed by atoms with Crippen LogP contribution >= 0.6 is 11.9 Å². The normalized spacial score (nSPS) is 21.0. The summed E-state index contributed by atoms with van der Waals surface area (Å²) in [5, 5.41) is 7.05. The monoisotopic (exact) mass is 660 g/mol. The number of nitrogens with zero attached hydrogens (tertiary/aromatic N) is 6. The molecule has 0 radical (unpaired) electrons. The minimum Gasteiger partial charge on any atom is -0.378 e. The average molecular weight is 661 g/mol. The summed E-state index contributed by atoms with van der Waals surface area (Å²) in [6.45, 7) is 12.4. The first-order valence-corrected chi connectivity index (χ1v) is 17.6. The number of likely N-dealkylation sites (tertiary alicyclic amines) is 1. The van der Waals surface area contributed by atoms with Gasteiger partial charge < -0.3 is 39.9 Å². The third kappa shape index (κ3) is 8.42. The van der Waals surface area contributed by atoms with E-state index in [-0.39, 0.29) is 11.9 Å². The number of benzene rings is 2. The SMILES string of the molecule is CCN1CCCN(C2=CN(c3ccc(NC(=O)Nc4ccc(C(=O)N5CCC(N(C)C)C5)cc4)cc3)SC(N3CCOCC3)=C2)CC1. The van der Waals surface area contributed by atoms with E-state index in [1.807, 2.05) is 29.2 Å². The molecule has 0 spiro atoms. The number of anilines is 3. The molecule has 1 atom stereocenters. The summed E-state index contributed by atoms with van der Waals surface area (Å²) in [4.78, 5) is 37.3. The second-order valence-corrected chi connectivity index (χ2v) is 13.7. The Morgan fingerprint density at radius 1 is 0.872 bits per heavy atom. The van der Waals surface area contributed by atoms with Gasteiger partial charge in [-0.05, 0) is 94.6 Å². The molecular formula is C35H48N8O3S. The summed E-state index contributed by atoms with van der Waals surface area (Å²) in [6.07, 6.45) is 6.71. The first-order chi connectivity index (χ1) is 22.9. The van der Waals surface area contributed by atoms with Gasteiger partial charge in [-0.25, -0.2) is 4.79 Å². The number of morpholine rings is 1. The molecule has 4 aliphatic heterocycles. The summed E-state index contributed by atoms with van der Waals surface area (Å²) in [6, 6.07) is 15.1. The summed E-state index contributed by atoms with van der Waals surface area (Å²) < 4.78 is 7.87. The average Bonchev–Trinajstić information content (AvgIpc) is 3.48. The number of allylic oxidation sites excluding steroid dienone is 1. The molecule has 2 aromatic rings. The number of nitrogens with one attached hydrogen (secondary N) is 2. The molecule has 0 saturated carbocycles. The Morgan fingerprint density at radius 2 is 1.57 bits per heavy atom. The zero-order chi connectivity index (χ0) is 32.8. The number of amides is 3. The van der Waals surface area contributed by atoms with Crippen molar-refractivity contribution in [1.82, 2.24) is 24.5 Å². The predicted molar refractivity (Wildman–Crippen MR) is 190 cm³/mol. The van der Waals surface area contributed by atoms with Gasteiger partial charge in [-0.2, -0.15) is 0 Å². The maximum absolute atomic E-state index is 13.0. The van der Waals surface area contributed by atoms with Gasteiger partial charge in [0.25, 0.3) is 5.91 Å². The van der Waals surface area contributed by atoms with Crippen LogP contribution in [0.1, 0.15) is 30.1 Å². The molecule has 0 bridgehead atoms. The first kappa shape index (κ1) is 33.2. The Labute approximate surface area is 283 Å². The summed E-state index contributed by atoms with van der Waals surface area (Å²) in [5.41, 5.74) is 4.23. The van der Waals surface area contributed by atoms with Crippen molar-refractivity contribution < 1.29 is 14.3 Å². The second kappa shape index (κ2) is 15.5. The molecule has 4 aliphatic rings. The highest BCUT2D eigenvalue weighted by Gasteiger charge is 2.28. The van der Waals surface area contributed by atoms with Crippen molar-refractivity contribution in [2.75, 3.05) is 101 Å². The molecule has 12 heteroatoms. The second-order valence-electron chi connectivity index (χ2n) is 12.7. The molecule has 3 amide bonds. The van der Waals surface area contributed by atoms with Crippen molar-refractivity contribution in [3.05, 3.63) is 77.1 Å². The number of rotatable bonds is 8. The van der Waals surface area contributed by atoms with Crippen LogP contribution in [-0.2, 0) is 4.74 Å². The molecule has 0 aliphatic carbocycles. The van der Waals surface area contributed by atoms with Crippen molar-refractivity contribution in [3.8, 4) is 0 Å². The van der Waals surface area contributed by atoms with Crippen molar-refractivity contribution in [2.24, 2.45) is 0 Å². The molecule has 6 rings (SSSR count). The smallest absolute Gasteiger partial charge is 0.323 e. The van der Waals surface area contributed by atoms with Gasteiger partial charge in [-0.1, -0.05) is 6.92 Å². The highest BCUT2D eigenvalue weighted by atomic mass is 32.2. The summed E-state index contributed by atoms with van der Waals surface area (Å²) in [7, 11) is 4.10. The lowest BCUT2D eigenvalue weighted by molar-refractivity contribution is 0.0575. The Kier molecular flexibility index (Phi) is 10.9. The van der Waals surface area contributed by atoms with Gasteiger partial charge in [0.15, 0.2) is 0 Å². The lowest BCUT2D eigenvalue weighted by Crippen LogP contribution is -2.37. The summed E-state index contributed by atoms with van der Waals surface area (Å²) in [5.74, 6) is 0.0291. The van der Waals surface area contributed by atoms with Crippen LogP contribution < -0.4 is 14.9 Å². The van der Waals surface area contributed by atoms with Gasteiger partial charge in [0.1, 0.15) is 0 Å². The van der Waals surface area contributed by atoms with Gasteiger partial charge in [-0.15, -0.1) is 0 Å². The van der Waals surface area contributed by atoms with E-state index >= 15 is 0 Å². The minimum atomic E-state index is -0.334. The van der Waals surface area contributed by atoms with Crippen LogP contribution in [-0.4, -0.2) is 129 Å². The largest absolute Gasteiger partial charge is 0.378 e. The van der Waals surface area contributed by atoms with E-state index in [0.29, 0.717) is 23.0 Å². The molecule has 2 N–H and O–H groups in total. The maximum atomic E-state index is 13.0. The van der Waals surface area contributed by atoms with E-state index < -0.39 is 0 Å². The van der Waals surface area contributed by atoms with Crippen LogP contribution in [0.2, 0.25) is 0 Å². The van der Waals surface area contributed by atoms with Crippen molar-refractivity contribution in [3.63, 3.8) is 0 Å². The molecule has 4 heterocycles. The Hall–Kier alpha value is -3.71. The van der Waals surface area contributed by atoms with Gasteiger partial charge in [0, 0.05) is 86.9 Å². The molecule has 3 fully saturated rings. The van der Waals surface area contributed by atoms with E-state index in [1.54, 1.807) is 36.2 Å². The van der Waals surface area contributed by atoms with Crippen LogP contribution in [0, 0.1) is 0 Å². The fourth-order valence-corrected chi connectivity index (χ4v) is 7.49. The van der Waals surface area contributed by atoms with E-state index in [9.17, 15) is 9.59 Å². The predicted octanol–water partition coefficient (Wildman–Crippen LogP) is 4.62. The van der Waals surface area contributed by atoms with Crippen molar-refractivity contribution in [2.45, 2.75) is 25.8 Å². The lowest BCUT2D eigenvalue weighted by atomic mass is 10.2. The van der Waals surface area contributed by atoms with E-state index in [0.717, 1.165) is 90.6 Å². The van der Waals surface area contributed by atoms with Crippen LogP contribution in [0.3, 0.4) is 0 Å². The van der Waals surface area contributed by atoms with Crippen molar-refractivity contribution in [1.29, 1.82) is 0 Å². The Balaban J connectivity index is 1.07.